The Labute approximate surface area is 240 Å². The Morgan fingerprint density at radius 1 is 1.20 bits per heavy atom. The first-order valence-electron chi connectivity index (χ1n) is 11.8. The topological polar surface area (TPSA) is 137 Å². The fourth-order valence-electron chi connectivity index (χ4n) is 3.70. The number of rotatable bonds is 11. The fraction of sp³-hybridized carbons (Fsp3) is 0.259. The third-order valence-corrected chi connectivity index (χ3v) is 5.87. The lowest BCUT2D eigenvalue weighted by Gasteiger charge is -2.28. The molecule has 2 aromatic rings. The summed E-state index contributed by atoms with van der Waals surface area (Å²) >= 11 is 12.2. The van der Waals surface area contributed by atoms with E-state index in [1.165, 1.54) is 19.4 Å². The van der Waals surface area contributed by atoms with E-state index in [4.69, 9.17) is 48.6 Å². The first kappa shape index (κ1) is 30.1. The molecule has 3 N–H and O–H groups in total. The van der Waals surface area contributed by atoms with E-state index < -0.39 is 30.6 Å². The predicted molar refractivity (Wildman–Crippen MR) is 149 cm³/mol. The molecule has 1 aliphatic heterocycles. The van der Waals surface area contributed by atoms with E-state index in [2.05, 4.69) is 27.1 Å². The maximum atomic E-state index is 12.6. The van der Waals surface area contributed by atoms with Gasteiger partial charge < -0.3 is 29.6 Å². The van der Waals surface area contributed by atoms with E-state index in [0.29, 0.717) is 21.8 Å². The number of hydrogen-bond donors (Lipinski definition) is 3. The number of halogens is 2. The van der Waals surface area contributed by atoms with Crippen molar-refractivity contribution in [1.82, 2.24) is 16.1 Å². The summed E-state index contributed by atoms with van der Waals surface area (Å²) in [5.74, 6) is 1.98. The highest BCUT2D eigenvalue weighted by molar-refractivity contribution is 6.36. The Balaban J connectivity index is 1.70. The molecule has 0 saturated heterocycles. The predicted octanol–water partition coefficient (Wildman–Crippen LogP) is 3.73. The Hall–Kier alpha value is -4.40. The number of hydrazone groups is 1. The van der Waals surface area contributed by atoms with Gasteiger partial charge in [0.25, 0.3) is 5.91 Å². The van der Waals surface area contributed by atoms with Crippen LogP contribution in [0.4, 0.5) is 4.79 Å². The number of urea groups is 1. The van der Waals surface area contributed by atoms with E-state index in [1.807, 2.05) is 0 Å². The van der Waals surface area contributed by atoms with Crippen LogP contribution in [0.1, 0.15) is 31.0 Å². The minimum absolute atomic E-state index is 0.0208. The first-order valence-corrected chi connectivity index (χ1v) is 12.6. The van der Waals surface area contributed by atoms with E-state index in [9.17, 15) is 14.4 Å². The number of carbonyl (C=O) groups excluding carboxylic acids is 3. The van der Waals surface area contributed by atoms with Crippen molar-refractivity contribution in [2.45, 2.75) is 19.9 Å². The summed E-state index contributed by atoms with van der Waals surface area (Å²) in [7, 11) is 1.42. The number of nitrogens with one attached hydrogen (secondary N) is 3. The van der Waals surface area contributed by atoms with Crippen LogP contribution in [0.2, 0.25) is 10.0 Å². The average molecular weight is 589 g/mol. The second-order valence-corrected chi connectivity index (χ2v) is 8.93. The van der Waals surface area contributed by atoms with Crippen molar-refractivity contribution in [2.75, 3.05) is 26.9 Å². The van der Waals surface area contributed by atoms with Gasteiger partial charge in [0.2, 0.25) is 0 Å². The molecule has 0 spiro atoms. The van der Waals surface area contributed by atoms with Gasteiger partial charge in [0.15, 0.2) is 18.1 Å². The molecule has 210 valence electrons. The van der Waals surface area contributed by atoms with Crippen molar-refractivity contribution in [3.8, 4) is 29.6 Å². The van der Waals surface area contributed by atoms with E-state index in [1.54, 1.807) is 38.1 Å². The number of methoxy groups -OCH3 is 1. The van der Waals surface area contributed by atoms with Gasteiger partial charge in [0.05, 0.1) is 36.6 Å². The van der Waals surface area contributed by atoms with Crippen LogP contribution in [0.15, 0.2) is 46.7 Å². The van der Waals surface area contributed by atoms with Gasteiger partial charge >= 0.3 is 12.0 Å². The first-order chi connectivity index (χ1) is 19.2. The number of esters is 1. The van der Waals surface area contributed by atoms with Crippen LogP contribution in [0, 0.1) is 12.3 Å². The zero-order valence-electron chi connectivity index (χ0n) is 21.8. The molecule has 1 heterocycles. The molecule has 0 saturated carbocycles. The Morgan fingerprint density at radius 2 is 1.98 bits per heavy atom. The number of terminal acetylenes is 1. The lowest BCUT2D eigenvalue weighted by atomic mass is 9.95. The van der Waals surface area contributed by atoms with Gasteiger partial charge in [-0.05, 0) is 43.7 Å². The quantitative estimate of drug-likeness (QED) is 0.157. The van der Waals surface area contributed by atoms with Gasteiger partial charge in [-0.15, -0.1) is 6.42 Å². The molecule has 1 atom stereocenters. The molecule has 0 unspecified atom stereocenters. The molecule has 0 aliphatic carbocycles. The largest absolute Gasteiger partial charge is 0.493 e. The van der Waals surface area contributed by atoms with Gasteiger partial charge in [0.1, 0.15) is 12.4 Å². The maximum Gasteiger partial charge on any atom is 0.338 e. The number of carbonyl (C=O) groups is 3. The molecule has 3 amide bonds. The Bertz CT molecular complexity index is 1400. The van der Waals surface area contributed by atoms with E-state index in [0.717, 1.165) is 0 Å². The molecule has 0 fully saturated rings. The van der Waals surface area contributed by atoms with E-state index >= 15 is 0 Å². The lowest BCUT2D eigenvalue weighted by Crippen LogP contribution is -2.45. The zero-order chi connectivity index (χ0) is 29.2. The van der Waals surface area contributed by atoms with Crippen molar-refractivity contribution in [2.24, 2.45) is 5.10 Å². The van der Waals surface area contributed by atoms with Crippen molar-refractivity contribution < 1.29 is 33.3 Å². The summed E-state index contributed by atoms with van der Waals surface area (Å²) in [5, 5.41) is 9.76. The molecular weight excluding hydrogens is 563 g/mol. The summed E-state index contributed by atoms with van der Waals surface area (Å²) in [6, 6.07) is 6.56. The molecule has 3 rings (SSSR count). The fourth-order valence-corrected chi connectivity index (χ4v) is 4.26. The van der Waals surface area contributed by atoms with Crippen molar-refractivity contribution in [3.05, 3.63) is 62.8 Å². The van der Waals surface area contributed by atoms with Gasteiger partial charge in [-0.1, -0.05) is 35.2 Å². The summed E-state index contributed by atoms with van der Waals surface area (Å²) < 4.78 is 21.6. The smallest absolute Gasteiger partial charge is 0.338 e. The standard InChI is InChI=1S/C27H26Cl2N4O7/c1-5-9-39-25-17(10-18(28)12-19(25)29)13-30-33-22(34)14-40-20-8-7-16(11-21(20)37-4)24-23(26(35)38-6-2)15(3)31-27(36)32-24/h1,7-8,10-13,24H,6,9,14H2,2-4H3,(H,33,34)(H2,31,32,36)/b30-13+/t24-/m1/s1. The van der Waals surface area contributed by atoms with Crippen LogP contribution < -0.4 is 30.3 Å². The monoisotopic (exact) mass is 588 g/mol. The number of amides is 3. The highest BCUT2D eigenvalue weighted by Gasteiger charge is 2.32. The highest BCUT2D eigenvalue weighted by atomic mass is 35.5. The zero-order valence-corrected chi connectivity index (χ0v) is 23.3. The summed E-state index contributed by atoms with van der Waals surface area (Å²) in [4.78, 5) is 37.0. The SMILES string of the molecule is C#CCOc1c(Cl)cc(Cl)cc1/C=N/NC(=O)COc1ccc([C@H]2NC(=O)NC(C)=C2C(=O)OCC)cc1OC. The van der Waals surface area contributed by atoms with Gasteiger partial charge in [-0.3, -0.25) is 4.79 Å². The van der Waals surface area contributed by atoms with Crippen LogP contribution in [-0.2, 0) is 14.3 Å². The average Bonchev–Trinajstić information content (AvgIpc) is 2.91. The molecule has 1 aliphatic rings. The van der Waals surface area contributed by atoms with Crippen LogP contribution in [0.5, 0.6) is 17.2 Å². The normalized spacial score (nSPS) is 14.6. The third-order valence-electron chi connectivity index (χ3n) is 5.37. The van der Waals surface area contributed by atoms with Gasteiger partial charge in [-0.2, -0.15) is 5.10 Å². The molecule has 40 heavy (non-hydrogen) atoms. The number of nitrogens with zero attached hydrogens (tertiary/aromatic N) is 1. The van der Waals surface area contributed by atoms with Crippen molar-refractivity contribution in [1.29, 1.82) is 0 Å². The molecule has 11 nitrogen and oxygen atoms in total. The number of hydrogen-bond acceptors (Lipinski definition) is 8. The molecule has 2 aromatic carbocycles. The second-order valence-electron chi connectivity index (χ2n) is 8.08. The molecular formula is C27H26Cl2N4O7. The Kier molecular flexibility index (Phi) is 10.6. The highest BCUT2D eigenvalue weighted by Crippen LogP contribution is 2.35. The summed E-state index contributed by atoms with van der Waals surface area (Å²) in [6.45, 7) is 3.05. The Morgan fingerprint density at radius 3 is 2.67 bits per heavy atom. The molecule has 0 radical (unpaired) electrons. The second kappa shape index (κ2) is 14.1. The number of allylic oxidation sites excluding steroid dienone is 1. The van der Waals surface area contributed by atoms with Crippen LogP contribution in [-0.4, -0.2) is 51.1 Å². The summed E-state index contributed by atoms with van der Waals surface area (Å²) in [5.41, 5.74) is 3.91. The van der Waals surface area contributed by atoms with Crippen LogP contribution in [0.3, 0.4) is 0 Å². The molecule has 0 bridgehead atoms. The van der Waals surface area contributed by atoms with Crippen molar-refractivity contribution >= 4 is 47.3 Å². The molecule has 13 heteroatoms. The van der Waals surface area contributed by atoms with Crippen molar-refractivity contribution in [3.63, 3.8) is 0 Å². The number of ether oxygens (including phenoxy) is 4. The van der Waals surface area contributed by atoms with Gasteiger partial charge in [0, 0.05) is 16.3 Å². The van der Waals surface area contributed by atoms with Crippen LogP contribution in [0.25, 0.3) is 0 Å². The van der Waals surface area contributed by atoms with E-state index in [-0.39, 0.29) is 41.1 Å². The number of benzene rings is 2. The third kappa shape index (κ3) is 7.59. The minimum atomic E-state index is -0.789. The minimum Gasteiger partial charge on any atom is -0.493 e. The maximum absolute atomic E-state index is 12.6. The summed E-state index contributed by atoms with van der Waals surface area (Å²) in [6.07, 6.45) is 6.54. The van der Waals surface area contributed by atoms with Gasteiger partial charge in [-0.25, -0.2) is 15.0 Å². The van der Waals surface area contributed by atoms with Crippen LogP contribution >= 0.6 is 23.2 Å². The lowest BCUT2D eigenvalue weighted by molar-refractivity contribution is -0.139. The molecule has 0 aromatic heterocycles.